The van der Waals surface area contributed by atoms with Crippen LogP contribution in [-0.4, -0.2) is 19.6 Å². The van der Waals surface area contributed by atoms with Crippen molar-refractivity contribution in [1.29, 1.82) is 0 Å². The Kier molecular flexibility index (Phi) is 3.51. The summed E-state index contributed by atoms with van der Waals surface area (Å²) in [6.45, 7) is 7.83. The summed E-state index contributed by atoms with van der Waals surface area (Å²) in [6, 6.07) is 0.0915. The summed E-state index contributed by atoms with van der Waals surface area (Å²) in [7, 11) is -1.91. The summed E-state index contributed by atoms with van der Waals surface area (Å²) in [5.74, 6) is 0. The normalized spacial score (nSPS) is 18.6. The van der Waals surface area contributed by atoms with Crippen molar-refractivity contribution >= 4 is 8.32 Å². The molecule has 10 heavy (non-hydrogen) atoms. The summed E-state index contributed by atoms with van der Waals surface area (Å²) in [5, 5.41) is 8.52. The highest BCUT2D eigenvalue weighted by Crippen LogP contribution is 2.23. The van der Waals surface area contributed by atoms with Gasteiger partial charge in [0.05, 0.1) is 0 Å². The van der Waals surface area contributed by atoms with Crippen LogP contribution in [0.25, 0.3) is 0 Å². The molecule has 0 radical (unpaired) electrons. The summed E-state index contributed by atoms with van der Waals surface area (Å²) < 4.78 is 4.42. The molecule has 0 heterocycles. The standard InChI is InChI=1S/C6H17NO2Si/c1-5(7)6(2)10(3,4)9-8/h5-6,8H,7H2,1-4H3. The van der Waals surface area contributed by atoms with Crippen LogP contribution in [0, 0.1) is 0 Å². The second-order valence-electron chi connectivity index (χ2n) is 3.34. The van der Waals surface area contributed by atoms with Crippen molar-refractivity contribution in [3.8, 4) is 0 Å². The fourth-order valence-electron chi connectivity index (χ4n) is 0.716. The molecule has 3 nitrogen and oxygen atoms in total. The quantitative estimate of drug-likeness (QED) is 0.376. The van der Waals surface area contributed by atoms with E-state index >= 15 is 0 Å². The lowest BCUT2D eigenvalue weighted by atomic mass is 10.3. The lowest BCUT2D eigenvalue weighted by Crippen LogP contribution is -2.42. The lowest BCUT2D eigenvalue weighted by Gasteiger charge is -2.27. The summed E-state index contributed by atoms with van der Waals surface area (Å²) in [4.78, 5) is 0. The fourth-order valence-corrected chi connectivity index (χ4v) is 2.15. The van der Waals surface area contributed by atoms with Gasteiger partial charge in [0.25, 0.3) is 0 Å². The average Bonchev–Trinajstić information content (AvgIpc) is 1.86. The summed E-state index contributed by atoms with van der Waals surface area (Å²) >= 11 is 0. The van der Waals surface area contributed by atoms with Gasteiger partial charge in [0.2, 0.25) is 8.32 Å². The zero-order chi connectivity index (χ0) is 8.36. The van der Waals surface area contributed by atoms with E-state index < -0.39 is 8.32 Å². The van der Waals surface area contributed by atoms with Crippen molar-refractivity contribution in [2.75, 3.05) is 0 Å². The first kappa shape index (κ1) is 10.1. The van der Waals surface area contributed by atoms with Gasteiger partial charge in [-0.25, -0.2) is 0 Å². The van der Waals surface area contributed by atoms with E-state index in [1.807, 2.05) is 26.9 Å². The van der Waals surface area contributed by atoms with E-state index in [0.29, 0.717) is 0 Å². The molecule has 0 fully saturated rings. The second kappa shape index (κ2) is 3.48. The molecule has 2 unspecified atom stereocenters. The van der Waals surface area contributed by atoms with Crippen LogP contribution in [0.2, 0.25) is 18.6 Å². The van der Waals surface area contributed by atoms with E-state index in [2.05, 4.69) is 4.58 Å². The molecule has 0 aliphatic rings. The molecular formula is C6H17NO2Si. The van der Waals surface area contributed by atoms with Crippen LogP contribution in [0.15, 0.2) is 0 Å². The predicted octanol–water partition coefficient (Wildman–Crippen LogP) is 1.42. The zero-order valence-corrected chi connectivity index (χ0v) is 8.09. The Morgan fingerprint density at radius 3 is 1.90 bits per heavy atom. The molecule has 4 heteroatoms. The topological polar surface area (TPSA) is 55.5 Å². The Hall–Kier alpha value is 0.0969. The van der Waals surface area contributed by atoms with Gasteiger partial charge in [0, 0.05) is 6.04 Å². The molecule has 0 saturated carbocycles. The lowest BCUT2D eigenvalue weighted by molar-refractivity contribution is -0.152. The molecule has 62 valence electrons. The maximum absolute atomic E-state index is 8.52. The Bertz CT molecular complexity index is 106. The maximum atomic E-state index is 8.52. The molecule has 0 amide bonds. The van der Waals surface area contributed by atoms with Crippen molar-refractivity contribution < 1.29 is 9.83 Å². The van der Waals surface area contributed by atoms with E-state index in [0.717, 1.165) is 0 Å². The van der Waals surface area contributed by atoms with Gasteiger partial charge in [0.1, 0.15) is 0 Å². The van der Waals surface area contributed by atoms with Crippen LogP contribution in [0.4, 0.5) is 0 Å². The van der Waals surface area contributed by atoms with Gasteiger partial charge < -0.3 is 5.73 Å². The Morgan fingerprint density at radius 1 is 1.40 bits per heavy atom. The first-order valence-corrected chi connectivity index (χ1v) is 6.48. The van der Waals surface area contributed by atoms with Crippen molar-refractivity contribution in [3.63, 3.8) is 0 Å². The highest BCUT2D eigenvalue weighted by atomic mass is 28.4. The molecule has 2 atom stereocenters. The predicted molar refractivity (Wildman–Crippen MR) is 44.3 cm³/mol. The SMILES string of the molecule is CC(N)C(C)[Si](C)(C)OO. The van der Waals surface area contributed by atoms with Crippen LogP contribution in [0.1, 0.15) is 13.8 Å². The first-order valence-electron chi connectivity index (χ1n) is 3.50. The molecule has 3 N–H and O–H groups in total. The smallest absolute Gasteiger partial charge is 0.237 e. The second-order valence-corrected chi connectivity index (χ2v) is 7.64. The molecule has 0 aromatic carbocycles. The molecule has 0 spiro atoms. The molecule has 0 aromatic rings. The van der Waals surface area contributed by atoms with Crippen molar-refractivity contribution in [2.45, 2.75) is 38.5 Å². The summed E-state index contributed by atoms with van der Waals surface area (Å²) in [5.41, 5.74) is 5.92. The van der Waals surface area contributed by atoms with Gasteiger partial charge >= 0.3 is 0 Å². The van der Waals surface area contributed by atoms with E-state index in [1.54, 1.807) is 0 Å². The van der Waals surface area contributed by atoms with Crippen LogP contribution in [-0.2, 0) is 4.58 Å². The molecule has 0 bridgehead atoms. The molecule has 0 aromatic heterocycles. The molecular weight excluding hydrogens is 146 g/mol. The number of hydrogen-bond acceptors (Lipinski definition) is 3. The van der Waals surface area contributed by atoms with E-state index in [1.165, 1.54) is 0 Å². The molecule has 0 aliphatic heterocycles. The molecule has 0 saturated heterocycles. The molecule has 0 aliphatic carbocycles. The van der Waals surface area contributed by atoms with E-state index in [-0.39, 0.29) is 11.6 Å². The van der Waals surface area contributed by atoms with Crippen LogP contribution in [0.3, 0.4) is 0 Å². The fraction of sp³-hybridized carbons (Fsp3) is 1.00. The van der Waals surface area contributed by atoms with Gasteiger partial charge in [-0.3, -0.25) is 9.83 Å². The van der Waals surface area contributed by atoms with E-state index in [9.17, 15) is 0 Å². The highest BCUT2D eigenvalue weighted by Gasteiger charge is 2.33. The average molecular weight is 163 g/mol. The highest BCUT2D eigenvalue weighted by molar-refractivity contribution is 6.72. The zero-order valence-electron chi connectivity index (χ0n) is 7.09. The van der Waals surface area contributed by atoms with Crippen LogP contribution in [0.5, 0.6) is 0 Å². The first-order chi connectivity index (χ1) is 4.41. The maximum Gasteiger partial charge on any atom is 0.237 e. The third-order valence-corrected chi connectivity index (χ3v) is 5.31. The van der Waals surface area contributed by atoms with E-state index in [4.69, 9.17) is 11.0 Å². The minimum absolute atomic E-state index is 0.0915. The van der Waals surface area contributed by atoms with Crippen LogP contribution >= 0.6 is 0 Å². The summed E-state index contributed by atoms with van der Waals surface area (Å²) in [6.07, 6.45) is 0. The minimum atomic E-state index is -1.91. The van der Waals surface area contributed by atoms with Crippen molar-refractivity contribution in [1.82, 2.24) is 0 Å². The van der Waals surface area contributed by atoms with Gasteiger partial charge in [-0.1, -0.05) is 6.92 Å². The third kappa shape index (κ3) is 2.38. The Morgan fingerprint density at radius 2 is 1.80 bits per heavy atom. The largest absolute Gasteiger partial charge is 0.328 e. The van der Waals surface area contributed by atoms with Gasteiger partial charge in [-0.05, 0) is 25.6 Å². The minimum Gasteiger partial charge on any atom is -0.328 e. The van der Waals surface area contributed by atoms with Crippen molar-refractivity contribution in [2.24, 2.45) is 5.73 Å². The van der Waals surface area contributed by atoms with Gasteiger partial charge in [-0.15, -0.1) is 0 Å². The van der Waals surface area contributed by atoms with Gasteiger partial charge in [0.15, 0.2) is 0 Å². The van der Waals surface area contributed by atoms with Gasteiger partial charge in [-0.2, -0.15) is 0 Å². The van der Waals surface area contributed by atoms with Crippen LogP contribution < -0.4 is 5.73 Å². The number of rotatable bonds is 3. The van der Waals surface area contributed by atoms with Crippen molar-refractivity contribution in [3.05, 3.63) is 0 Å². The molecule has 0 rings (SSSR count). The monoisotopic (exact) mass is 163 g/mol. The number of nitrogens with two attached hydrogens (primary N) is 1. The Labute approximate surface area is 63.2 Å². The Balaban J connectivity index is 4.03. The third-order valence-electron chi connectivity index (χ3n) is 2.12. The number of hydrogen-bond donors (Lipinski definition) is 2.